The summed E-state index contributed by atoms with van der Waals surface area (Å²) in [6.45, 7) is 5.19. The van der Waals surface area contributed by atoms with Crippen LogP contribution in [0, 0.1) is 10.1 Å². The molecule has 1 atom stereocenters. The number of aliphatic imine (C=N–C) groups is 1. The zero-order chi connectivity index (χ0) is 19.6. The van der Waals surface area contributed by atoms with Crippen molar-refractivity contribution in [2.75, 3.05) is 7.11 Å². The van der Waals surface area contributed by atoms with Crippen LogP contribution in [-0.4, -0.2) is 24.0 Å². The van der Waals surface area contributed by atoms with Crippen molar-refractivity contribution < 1.29 is 9.66 Å². The van der Waals surface area contributed by atoms with E-state index < -0.39 is 4.92 Å². The van der Waals surface area contributed by atoms with E-state index in [1.54, 1.807) is 19.2 Å². The van der Waals surface area contributed by atoms with Crippen LogP contribution in [0.2, 0.25) is 0 Å². The standard InChI is InChI=1S/C20H26N4O3/c1-4-15(2)23-20(22-14-17-7-5-6-8-19(17)27-3)21-13-16-9-11-18(12-10-16)24(25)26/h5-12,15H,4,13-14H2,1-3H3,(H2,21,22,23). The van der Waals surface area contributed by atoms with E-state index in [-0.39, 0.29) is 11.7 Å². The number of para-hydroxylation sites is 1. The van der Waals surface area contributed by atoms with Gasteiger partial charge in [0.15, 0.2) is 5.96 Å². The number of hydrogen-bond acceptors (Lipinski definition) is 4. The zero-order valence-corrected chi connectivity index (χ0v) is 15.9. The Bertz CT molecular complexity index is 775. The molecule has 2 aromatic carbocycles. The fourth-order valence-corrected chi connectivity index (χ4v) is 2.41. The van der Waals surface area contributed by atoms with Gasteiger partial charge in [0.1, 0.15) is 5.75 Å². The van der Waals surface area contributed by atoms with Crippen molar-refractivity contribution in [2.45, 2.75) is 39.4 Å². The van der Waals surface area contributed by atoms with E-state index in [2.05, 4.69) is 29.5 Å². The van der Waals surface area contributed by atoms with Crippen LogP contribution >= 0.6 is 0 Å². The summed E-state index contributed by atoms with van der Waals surface area (Å²) in [6, 6.07) is 14.5. The third-order valence-corrected chi connectivity index (χ3v) is 4.20. The summed E-state index contributed by atoms with van der Waals surface area (Å²) in [6.07, 6.45) is 0.965. The lowest BCUT2D eigenvalue weighted by molar-refractivity contribution is -0.384. The molecule has 0 radical (unpaired) electrons. The molecule has 0 aliphatic carbocycles. The van der Waals surface area contributed by atoms with Crippen molar-refractivity contribution in [2.24, 2.45) is 4.99 Å². The van der Waals surface area contributed by atoms with Crippen molar-refractivity contribution in [1.29, 1.82) is 0 Å². The molecule has 27 heavy (non-hydrogen) atoms. The van der Waals surface area contributed by atoms with Gasteiger partial charge in [-0.3, -0.25) is 10.1 Å². The molecule has 2 aromatic rings. The van der Waals surface area contributed by atoms with Crippen molar-refractivity contribution in [3.05, 3.63) is 69.8 Å². The molecular formula is C20H26N4O3. The van der Waals surface area contributed by atoms with E-state index in [0.717, 1.165) is 23.3 Å². The second kappa shape index (κ2) is 10.2. The summed E-state index contributed by atoms with van der Waals surface area (Å²) in [5, 5.41) is 17.4. The first-order chi connectivity index (χ1) is 13.0. The van der Waals surface area contributed by atoms with Crippen LogP contribution in [-0.2, 0) is 13.1 Å². The Kier molecular flexibility index (Phi) is 7.61. The molecule has 7 nitrogen and oxygen atoms in total. The van der Waals surface area contributed by atoms with Crippen molar-refractivity contribution in [3.8, 4) is 5.75 Å². The number of non-ortho nitro benzene ring substituents is 1. The summed E-state index contributed by atoms with van der Waals surface area (Å²) in [4.78, 5) is 15.0. The van der Waals surface area contributed by atoms with E-state index in [1.165, 1.54) is 12.1 Å². The summed E-state index contributed by atoms with van der Waals surface area (Å²) in [5.74, 6) is 1.51. The molecule has 0 amide bonds. The highest BCUT2D eigenvalue weighted by Crippen LogP contribution is 2.16. The van der Waals surface area contributed by atoms with Crippen LogP contribution in [0.3, 0.4) is 0 Å². The molecule has 1 unspecified atom stereocenters. The van der Waals surface area contributed by atoms with Gasteiger partial charge in [0.25, 0.3) is 5.69 Å². The van der Waals surface area contributed by atoms with Gasteiger partial charge in [0.2, 0.25) is 0 Å². The van der Waals surface area contributed by atoms with E-state index in [1.807, 2.05) is 24.3 Å². The average molecular weight is 370 g/mol. The number of methoxy groups -OCH3 is 1. The number of guanidine groups is 1. The summed E-state index contributed by atoms with van der Waals surface area (Å²) in [5.41, 5.74) is 2.02. The van der Waals surface area contributed by atoms with Crippen molar-refractivity contribution in [1.82, 2.24) is 10.6 Å². The molecule has 0 spiro atoms. The molecule has 0 fully saturated rings. The molecular weight excluding hydrogens is 344 g/mol. The Morgan fingerprint density at radius 2 is 1.93 bits per heavy atom. The zero-order valence-electron chi connectivity index (χ0n) is 15.9. The van der Waals surface area contributed by atoms with Crippen molar-refractivity contribution in [3.63, 3.8) is 0 Å². The number of benzene rings is 2. The second-order valence-corrected chi connectivity index (χ2v) is 6.21. The SMILES string of the molecule is CCC(C)NC(=NCc1ccc([N+](=O)[O-])cc1)NCc1ccccc1OC. The minimum Gasteiger partial charge on any atom is -0.496 e. The highest BCUT2D eigenvalue weighted by Gasteiger charge is 2.07. The first kappa shape index (κ1) is 20.2. The quantitative estimate of drug-likeness (QED) is 0.320. The Hall–Kier alpha value is -3.09. The smallest absolute Gasteiger partial charge is 0.269 e. The molecule has 0 saturated carbocycles. The van der Waals surface area contributed by atoms with E-state index in [4.69, 9.17) is 4.74 Å². The highest BCUT2D eigenvalue weighted by molar-refractivity contribution is 5.80. The summed E-state index contributed by atoms with van der Waals surface area (Å²) in [7, 11) is 1.65. The monoisotopic (exact) mass is 370 g/mol. The Labute approximate surface area is 159 Å². The third-order valence-electron chi connectivity index (χ3n) is 4.20. The maximum absolute atomic E-state index is 10.8. The molecule has 7 heteroatoms. The third kappa shape index (κ3) is 6.29. The van der Waals surface area contributed by atoms with Gasteiger partial charge >= 0.3 is 0 Å². The molecule has 0 aliphatic rings. The van der Waals surface area contributed by atoms with Gasteiger partial charge in [-0.2, -0.15) is 0 Å². The number of nitrogens with zero attached hydrogens (tertiary/aromatic N) is 2. The van der Waals surface area contributed by atoms with E-state index in [0.29, 0.717) is 19.0 Å². The van der Waals surface area contributed by atoms with Crippen LogP contribution in [0.15, 0.2) is 53.5 Å². The number of rotatable bonds is 8. The van der Waals surface area contributed by atoms with E-state index in [9.17, 15) is 10.1 Å². The molecule has 0 aliphatic heterocycles. The van der Waals surface area contributed by atoms with Gasteiger partial charge in [-0.05, 0) is 25.0 Å². The molecule has 0 heterocycles. The van der Waals surface area contributed by atoms with Crippen LogP contribution in [0.5, 0.6) is 5.75 Å². The Balaban J connectivity index is 2.08. The van der Waals surface area contributed by atoms with E-state index >= 15 is 0 Å². The average Bonchev–Trinajstić information content (AvgIpc) is 2.70. The number of ether oxygens (including phenoxy) is 1. The van der Waals surface area contributed by atoms with Gasteiger partial charge in [0, 0.05) is 30.3 Å². The fraction of sp³-hybridized carbons (Fsp3) is 0.350. The minimum absolute atomic E-state index is 0.0787. The molecule has 0 bridgehead atoms. The maximum atomic E-state index is 10.8. The maximum Gasteiger partial charge on any atom is 0.269 e. The highest BCUT2D eigenvalue weighted by atomic mass is 16.6. The lowest BCUT2D eigenvalue weighted by atomic mass is 10.2. The van der Waals surface area contributed by atoms with Crippen LogP contribution < -0.4 is 15.4 Å². The predicted octanol–water partition coefficient (Wildman–Crippen LogP) is 3.64. The lowest BCUT2D eigenvalue weighted by Gasteiger charge is -2.18. The number of nitro benzene ring substituents is 1. The van der Waals surface area contributed by atoms with Gasteiger partial charge in [-0.15, -0.1) is 0 Å². The lowest BCUT2D eigenvalue weighted by Crippen LogP contribution is -2.41. The molecule has 2 rings (SSSR count). The minimum atomic E-state index is -0.405. The number of nitrogens with one attached hydrogen (secondary N) is 2. The van der Waals surface area contributed by atoms with Gasteiger partial charge < -0.3 is 15.4 Å². The van der Waals surface area contributed by atoms with Crippen LogP contribution in [0.4, 0.5) is 5.69 Å². The van der Waals surface area contributed by atoms with Crippen LogP contribution in [0.1, 0.15) is 31.4 Å². The summed E-state index contributed by atoms with van der Waals surface area (Å²) >= 11 is 0. The van der Waals surface area contributed by atoms with Gasteiger partial charge in [0.05, 0.1) is 18.6 Å². The largest absolute Gasteiger partial charge is 0.496 e. The predicted molar refractivity (Wildman–Crippen MR) is 107 cm³/mol. The first-order valence-electron chi connectivity index (χ1n) is 8.93. The fourth-order valence-electron chi connectivity index (χ4n) is 2.41. The Morgan fingerprint density at radius 3 is 2.56 bits per heavy atom. The molecule has 144 valence electrons. The molecule has 0 aromatic heterocycles. The molecule has 0 saturated heterocycles. The van der Waals surface area contributed by atoms with Gasteiger partial charge in [-0.25, -0.2) is 4.99 Å². The topological polar surface area (TPSA) is 88.8 Å². The normalized spacial score (nSPS) is 12.3. The Morgan fingerprint density at radius 1 is 1.22 bits per heavy atom. The second-order valence-electron chi connectivity index (χ2n) is 6.21. The number of nitro groups is 1. The first-order valence-corrected chi connectivity index (χ1v) is 8.93. The molecule has 2 N–H and O–H groups in total. The van der Waals surface area contributed by atoms with Crippen molar-refractivity contribution >= 4 is 11.6 Å². The summed E-state index contributed by atoms with van der Waals surface area (Å²) < 4.78 is 5.38. The number of hydrogen-bond donors (Lipinski definition) is 2. The van der Waals surface area contributed by atoms with Gasteiger partial charge in [-0.1, -0.05) is 37.3 Å². The van der Waals surface area contributed by atoms with Crippen LogP contribution in [0.25, 0.3) is 0 Å².